The lowest BCUT2D eigenvalue weighted by Crippen LogP contribution is -2.61. The summed E-state index contributed by atoms with van der Waals surface area (Å²) in [6.07, 6.45) is -5.31. The van der Waals surface area contributed by atoms with Crippen molar-refractivity contribution in [2.75, 3.05) is 75.0 Å². The van der Waals surface area contributed by atoms with E-state index in [1.165, 1.54) is 32.9 Å². The summed E-state index contributed by atoms with van der Waals surface area (Å²) in [5, 5.41) is 62.0. The van der Waals surface area contributed by atoms with Crippen LogP contribution in [0.3, 0.4) is 0 Å². The van der Waals surface area contributed by atoms with E-state index in [4.69, 9.17) is 52.2 Å². The third-order valence-electron chi connectivity index (χ3n) is 17.9. The Morgan fingerprint density at radius 1 is 0.907 bits per heavy atom. The van der Waals surface area contributed by atoms with E-state index < -0.39 is 144 Å². The molecule has 0 saturated carbocycles. The third-order valence-corrected chi connectivity index (χ3v) is 18.8. The van der Waals surface area contributed by atoms with Crippen molar-refractivity contribution in [3.05, 3.63) is 60.0 Å². The van der Waals surface area contributed by atoms with Gasteiger partial charge in [0, 0.05) is 95.8 Å². The van der Waals surface area contributed by atoms with Gasteiger partial charge in [-0.05, 0) is 85.0 Å². The van der Waals surface area contributed by atoms with Crippen LogP contribution in [0, 0.1) is 23.7 Å². The van der Waals surface area contributed by atoms with E-state index in [1.54, 1.807) is 66.4 Å². The number of hydrogen-bond acceptors (Lipinski definition) is 22. The summed E-state index contributed by atoms with van der Waals surface area (Å²) < 4.78 is 90.6. The Morgan fingerprint density at radius 2 is 1.59 bits per heavy atom. The number of aliphatic hydroxyl groups is 4. The molecule has 3 saturated heterocycles. The van der Waals surface area contributed by atoms with Crippen molar-refractivity contribution in [1.82, 2.24) is 24.9 Å². The molecule has 2 aromatic heterocycles. The fourth-order valence-electron chi connectivity index (χ4n) is 12.5. The monoisotopic (exact) mass is 1240 g/mol. The SMILES string of the molecule is CC[C@H]1OC(=O)[C@H](C)[C@@H](O[C@H]2C[C@@](C)(OC)[C@@H](O)[C@H](C)O2)[C@H](C)[C@@H](O[C@@H]2O[C@H](C)C[C@H](N(C)CCc3cn([C@H](CF)[C@H](OC)c4ccc(-c5ccc(S(C)=O)nc5)cc4)nn3)[C@H]2O)[C@](C)(OC)C[C@@H](C)/C(=N\OCOCCOC)[C@H](C)[C@@H](O)[C@]1(C)O. The zero-order chi connectivity index (χ0) is 63.4. The fourth-order valence-corrected chi connectivity index (χ4v) is 12.9. The lowest BCUT2D eigenvalue weighted by Gasteiger charge is -2.50. The molecule has 0 bridgehead atoms. The number of nitrogens with zero attached hydrogens (tertiary/aromatic N) is 6. The van der Waals surface area contributed by atoms with Crippen molar-refractivity contribution >= 4 is 22.5 Å². The molecule has 3 aliphatic heterocycles. The molecule has 0 aliphatic carbocycles. The highest BCUT2D eigenvalue weighted by Gasteiger charge is 2.54. The number of cyclic esters (lactones) is 1. The number of carbonyl (C=O) groups is 1. The molecule has 0 amide bonds. The van der Waals surface area contributed by atoms with Gasteiger partial charge in [0.1, 0.15) is 47.8 Å². The number of ether oxygens (including phenoxy) is 10. The Kier molecular flexibility index (Phi) is 26.1. The second kappa shape index (κ2) is 31.6. The molecular formula is C61H97FN6O17S. The molecule has 25 heteroatoms. The van der Waals surface area contributed by atoms with Gasteiger partial charge < -0.3 is 77.5 Å². The number of pyridine rings is 1. The summed E-state index contributed by atoms with van der Waals surface area (Å²) in [5.41, 5.74) is -1.07. The second-order valence-corrected chi connectivity index (χ2v) is 25.5. The first-order chi connectivity index (χ1) is 40.7. The Bertz CT molecular complexity index is 2630. The number of rotatable bonds is 24. The number of carbonyl (C=O) groups excluding carboxylic acids is 1. The maximum atomic E-state index is 15.1. The van der Waals surface area contributed by atoms with E-state index in [1.807, 2.05) is 70.0 Å². The number of likely N-dealkylation sites (N-methyl/N-ethyl adjacent to an activating group) is 1. The van der Waals surface area contributed by atoms with Crippen molar-refractivity contribution in [2.45, 2.75) is 203 Å². The molecule has 21 atom stereocenters. The molecule has 3 fully saturated rings. The van der Waals surface area contributed by atoms with Crippen molar-refractivity contribution < 1.29 is 86.0 Å². The van der Waals surface area contributed by atoms with E-state index in [-0.39, 0.29) is 32.7 Å². The fraction of sp³-hybridized carbons (Fsp3) is 0.754. The first-order valence-corrected chi connectivity index (χ1v) is 31.3. The Labute approximate surface area is 509 Å². The smallest absolute Gasteiger partial charge is 0.311 e. The number of oxime groups is 1. The number of benzene rings is 1. The van der Waals surface area contributed by atoms with Gasteiger partial charge in [-0.25, -0.2) is 14.1 Å². The predicted molar refractivity (Wildman–Crippen MR) is 317 cm³/mol. The van der Waals surface area contributed by atoms with Crippen molar-refractivity contribution in [3.63, 3.8) is 0 Å². The number of aliphatic hydroxyl groups excluding tert-OH is 3. The van der Waals surface area contributed by atoms with Gasteiger partial charge in [0.2, 0.25) is 6.79 Å². The molecule has 1 unspecified atom stereocenters. The molecule has 1 aromatic carbocycles. The summed E-state index contributed by atoms with van der Waals surface area (Å²) in [6, 6.07) is 9.76. The van der Waals surface area contributed by atoms with Crippen LogP contribution in [0.15, 0.2) is 59.0 Å². The van der Waals surface area contributed by atoms with Gasteiger partial charge >= 0.3 is 5.97 Å². The zero-order valence-electron chi connectivity index (χ0n) is 53.1. The molecule has 486 valence electrons. The van der Waals surface area contributed by atoms with Crippen LogP contribution in [0.2, 0.25) is 0 Å². The maximum Gasteiger partial charge on any atom is 0.311 e. The van der Waals surface area contributed by atoms with Gasteiger partial charge in [-0.2, -0.15) is 0 Å². The molecule has 6 rings (SSSR count). The normalized spacial score (nSPS) is 35.9. The minimum absolute atomic E-state index is 0.0708. The van der Waals surface area contributed by atoms with Crippen LogP contribution in [0.5, 0.6) is 0 Å². The van der Waals surface area contributed by atoms with Crippen LogP contribution in [0.4, 0.5) is 4.39 Å². The Morgan fingerprint density at radius 3 is 2.20 bits per heavy atom. The number of esters is 1. The molecule has 5 heterocycles. The average molecular weight is 1240 g/mol. The molecule has 0 spiro atoms. The van der Waals surface area contributed by atoms with E-state index >= 15 is 4.39 Å². The van der Waals surface area contributed by atoms with Gasteiger partial charge in [0.05, 0.1) is 83.1 Å². The van der Waals surface area contributed by atoms with Crippen LogP contribution >= 0.6 is 0 Å². The molecule has 3 aromatic rings. The summed E-state index contributed by atoms with van der Waals surface area (Å²) >= 11 is 0. The van der Waals surface area contributed by atoms with Crippen LogP contribution in [-0.2, 0) is 74.2 Å². The number of alkyl halides is 1. The Balaban J connectivity index is 1.30. The lowest BCUT2D eigenvalue weighted by molar-refractivity contribution is -0.319. The van der Waals surface area contributed by atoms with Gasteiger partial charge in [-0.3, -0.25) is 9.00 Å². The van der Waals surface area contributed by atoms with Gasteiger partial charge in [0.25, 0.3) is 0 Å². The quantitative estimate of drug-likeness (QED) is 0.0359. The van der Waals surface area contributed by atoms with Crippen molar-refractivity contribution in [1.29, 1.82) is 0 Å². The number of aromatic nitrogens is 4. The molecule has 86 heavy (non-hydrogen) atoms. The molecule has 23 nitrogen and oxygen atoms in total. The highest BCUT2D eigenvalue weighted by atomic mass is 32.2. The van der Waals surface area contributed by atoms with Gasteiger partial charge in [-0.15, -0.1) is 5.10 Å². The standard InChI is InChI=1S/C61H97FN6O17S/c1-17-47-61(10,73)54(70)37(4)50(65-80-34-79-27-26-75-12)35(2)29-60(9,78-15)56(38(5)52(39(6)57(72)83-47)84-49-30-59(8,77-14)55(71)40(7)82-49)85-58-51(69)45(28-36(3)81-58)67(11)25-24-44-33-68(66-64-44)46(31-62)53(76-13)42-20-18-41(19-21-42)43-22-23-48(63-32-43)86(16)74/h18-23,32-33,35-40,45-47,49,51-56,58,69-71,73H,17,24-31,34H2,1-16H3/b65-50+/t35-,36-,37+,38+,39-,40+,45+,46-,47-,49+,51-,52+,53-,54-,55+,56-,58+,59-,60-,61-,86?/m1/s1. The van der Waals surface area contributed by atoms with Crippen LogP contribution in [-0.4, -0.2) is 220 Å². The molecule has 0 radical (unpaired) electrons. The van der Waals surface area contributed by atoms with Crippen LogP contribution < -0.4 is 0 Å². The number of hydrogen-bond donors (Lipinski definition) is 4. The number of methoxy groups -OCH3 is 4. The summed E-state index contributed by atoms with van der Waals surface area (Å²) in [7, 11) is 6.78. The predicted octanol–water partition coefficient (Wildman–Crippen LogP) is 5.77. The molecule has 4 N–H and O–H groups in total. The maximum absolute atomic E-state index is 15.1. The van der Waals surface area contributed by atoms with Gasteiger partial charge in [0.15, 0.2) is 12.6 Å². The highest BCUT2D eigenvalue weighted by molar-refractivity contribution is 7.84. The highest BCUT2D eigenvalue weighted by Crippen LogP contribution is 2.43. The van der Waals surface area contributed by atoms with Crippen LogP contribution in [0.25, 0.3) is 11.1 Å². The summed E-state index contributed by atoms with van der Waals surface area (Å²) in [4.78, 5) is 26.8. The largest absolute Gasteiger partial charge is 0.459 e. The van der Waals surface area contributed by atoms with E-state index in [2.05, 4.69) is 20.5 Å². The summed E-state index contributed by atoms with van der Waals surface area (Å²) in [5.74, 6) is -4.12. The minimum Gasteiger partial charge on any atom is -0.459 e. The zero-order valence-corrected chi connectivity index (χ0v) is 53.9. The Hall–Kier alpha value is -4.03. The third kappa shape index (κ3) is 16.9. The van der Waals surface area contributed by atoms with Crippen LogP contribution in [0.1, 0.15) is 118 Å². The summed E-state index contributed by atoms with van der Waals surface area (Å²) in [6.45, 7) is 17.4. The van der Waals surface area contributed by atoms with E-state index in [0.29, 0.717) is 42.4 Å². The lowest BCUT2D eigenvalue weighted by atomic mass is 9.73. The molecular weight excluding hydrogens is 1140 g/mol. The second-order valence-electron chi connectivity index (χ2n) is 24.2. The van der Waals surface area contributed by atoms with Crippen molar-refractivity contribution in [2.24, 2.45) is 28.8 Å². The first-order valence-electron chi connectivity index (χ1n) is 29.8. The van der Waals surface area contributed by atoms with E-state index in [0.717, 1.165) is 16.7 Å². The topological polar surface area (TPSA) is 276 Å². The number of halogens is 1. The average Bonchev–Trinajstić information content (AvgIpc) is 1.41. The van der Waals surface area contributed by atoms with Crippen molar-refractivity contribution in [3.8, 4) is 11.1 Å². The first kappa shape index (κ1) is 71.1. The molecule has 3 aliphatic rings. The minimum atomic E-state index is -2.00. The van der Waals surface area contributed by atoms with Gasteiger partial charge in [-0.1, -0.05) is 68.4 Å². The van der Waals surface area contributed by atoms with E-state index in [9.17, 15) is 29.4 Å².